The zero-order chi connectivity index (χ0) is 16.1. The SMILES string of the molecule is CCOC(=O)C1CSC(C(C)C)N1C(=O)Cc1ccccc1. The third-order valence-electron chi connectivity index (χ3n) is 3.65. The zero-order valence-corrected chi connectivity index (χ0v) is 14.1. The molecule has 0 saturated carbocycles. The Bertz CT molecular complexity index is 518. The molecule has 0 radical (unpaired) electrons. The molecule has 1 saturated heterocycles. The molecule has 1 aliphatic rings. The Morgan fingerprint density at radius 1 is 1.32 bits per heavy atom. The van der Waals surface area contributed by atoms with Gasteiger partial charge in [-0.05, 0) is 18.4 Å². The standard InChI is InChI=1S/C17H23NO3S/c1-4-21-17(20)14-11-22-16(12(2)3)18(14)15(19)10-13-8-6-5-7-9-13/h5-9,12,14,16H,4,10-11H2,1-3H3. The highest BCUT2D eigenvalue weighted by molar-refractivity contribution is 8.00. The summed E-state index contributed by atoms with van der Waals surface area (Å²) in [6.07, 6.45) is 0.320. The molecule has 1 aliphatic heterocycles. The van der Waals surface area contributed by atoms with Crippen LogP contribution in [0.3, 0.4) is 0 Å². The molecular formula is C17H23NO3S. The van der Waals surface area contributed by atoms with Gasteiger partial charge in [0.1, 0.15) is 6.04 Å². The van der Waals surface area contributed by atoms with E-state index in [1.54, 1.807) is 23.6 Å². The third-order valence-corrected chi connectivity index (χ3v) is 5.27. The van der Waals surface area contributed by atoms with Crippen molar-refractivity contribution in [1.29, 1.82) is 0 Å². The van der Waals surface area contributed by atoms with Gasteiger partial charge in [0, 0.05) is 5.75 Å². The lowest BCUT2D eigenvalue weighted by Crippen LogP contribution is -2.48. The maximum Gasteiger partial charge on any atom is 0.329 e. The van der Waals surface area contributed by atoms with Crippen molar-refractivity contribution in [1.82, 2.24) is 4.90 Å². The Balaban J connectivity index is 2.16. The van der Waals surface area contributed by atoms with Crippen molar-refractivity contribution < 1.29 is 14.3 Å². The van der Waals surface area contributed by atoms with Crippen LogP contribution in [0.2, 0.25) is 0 Å². The van der Waals surface area contributed by atoms with E-state index in [0.717, 1.165) is 5.56 Å². The highest BCUT2D eigenvalue weighted by atomic mass is 32.2. The van der Waals surface area contributed by atoms with E-state index in [4.69, 9.17) is 4.74 Å². The van der Waals surface area contributed by atoms with Gasteiger partial charge in [-0.25, -0.2) is 4.79 Å². The van der Waals surface area contributed by atoms with Gasteiger partial charge >= 0.3 is 5.97 Å². The lowest BCUT2D eigenvalue weighted by Gasteiger charge is -2.30. The Labute approximate surface area is 136 Å². The van der Waals surface area contributed by atoms with E-state index in [1.165, 1.54) is 0 Å². The van der Waals surface area contributed by atoms with Crippen LogP contribution in [-0.4, -0.2) is 40.6 Å². The van der Waals surface area contributed by atoms with Gasteiger partial charge in [0.05, 0.1) is 18.4 Å². The number of rotatable bonds is 5. The van der Waals surface area contributed by atoms with Crippen molar-refractivity contribution in [3.05, 3.63) is 35.9 Å². The summed E-state index contributed by atoms with van der Waals surface area (Å²) in [4.78, 5) is 26.6. The molecule has 1 amide bonds. The summed E-state index contributed by atoms with van der Waals surface area (Å²) in [5, 5.41) is 0.0330. The highest BCUT2D eigenvalue weighted by Gasteiger charge is 2.43. The molecule has 5 heteroatoms. The Morgan fingerprint density at radius 2 is 2.00 bits per heavy atom. The first-order valence-corrected chi connectivity index (χ1v) is 8.72. The van der Waals surface area contributed by atoms with E-state index >= 15 is 0 Å². The molecule has 2 unspecified atom stereocenters. The lowest BCUT2D eigenvalue weighted by atomic mass is 10.1. The third kappa shape index (κ3) is 3.83. The Kier molecular flexibility index (Phi) is 5.89. The quantitative estimate of drug-likeness (QED) is 0.782. The number of carbonyl (C=O) groups excluding carboxylic acids is 2. The average molecular weight is 321 g/mol. The van der Waals surface area contributed by atoms with Gasteiger partial charge in [0.15, 0.2) is 0 Å². The van der Waals surface area contributed by atoms with Crippen molar-refractivity contribution in [2.24, 2.45) is 5.92 Å². The summed E-state index contributed by atoms with van der Waals surface area (Å²) in [6.45, 7) is 6.28. The summed E-state index contributed by atoms with van der Waals surface area (Å²) < 4.78 is 5.14. The second kappa shape index (κ2) is 7.68. The predicted molar refractivity (Wildman–Crippen MR) is 88.5 cm³/mol. The first kappa shape index (κ1) is 16.9. The van der Waals surface area contributed by atoms with E-state index in [-0.39, 0.29) is 17.3 Å². The van der Waals surface area contributed by atoms with Crippen LogP contribution in [-0.2, 0) is 20.7 Å². The average Bonchev–Trinajstić information content (AvgIpc) is 2.93. The molecule has 0 bridgehead atoms. The molecule has 2 rings (SSSR count). The van der Waals surface area contributed by atoms with E-state index in [0.29, 0.717) is 24.7 Å². The number of hydrogen-bond donors (Lipinski definition) is 0. The van der Waals surface area contributed by atoms with Gasteiger partial charge in [-0.1, -0.05) is 44.2 Å². The summed E-state index contributed by atoms with van der Waals surface area (Å²) in [5.74, 6) is 0.610. The second-order valence-electron chi connectivity index (χ2n) is 5.70. The van der Waals surface area contributed by atoms with Crippen LogP contribution in [0.25, 0.3) is 0 Å². The van der Waals surface area contributed by atoms with Crippen molar-refractivity contribution >= 4 is 23.6 Å². The molecular weight excluding hydrogens is 298 g/mol. The number of carbonyl (C=O) groups is 2. The van der Waals surface area contributed by atoms with Crippen LogP contribution in [0.5, 0.6) is 0 Å². The number of nitrogens with zero attached hydrogens (tertiary/aromatic N) is 1. The number of esters is 1. The number of hydrogen-bond acceptors (Lipinski definition) is 4. The van der Waals surface area contributed by atoms with Gasteiger partial charge in [0.2, 0.25) is 5.91 Å². The zero-order valence-electron chi connectivity index (χ0n) is 13.3. The molecule has 0 aliphatic carbocycles. The molecule has 22 heavy (non-hydrogen) atoms. The fourth-order valence-corrected chi connectivity index (χ4v) is 4.13. The molecule has 1 aromatic carbocycles. The summed E-state index contributed by atoms with van der Waals surface area (Å²) in [6, 6.07) is 9.18. The smallest absolute Gasteiger partial charge is 0.329 e. The van der Waals surface area contributed by atoms with E-state index in [1.807, 2.05) is 30.3 Å². The van der Waals surface area contributed by atoms with Crippen molar-refractivity contribution in [3.8, 4) is 0 Å². The van der Waals surface area contributed by atoms with E-state index < -0.39 is 6.04 Å². The van der Waals surface area contributed by atoms with Gasteiger partial charge < -0.3 is 9.64 Å². The van der Waals surface area contributed by atoms with Crippen LogP contribution >= 0.6 is 11.8 Å². The van der Waals surface area contributed by atoms with Crippen LogP contribution in [0, 0.1) is 5.92 Å². The molecule has 4 nitrogen and oxygen atoms in total. The first-order chi connectivity index (χ1) is 10.5. The first-order valence-electron chi connectivity index (χ1n) is 7.68. The summed E-state index contributed by atoms with van der Waals surface area (Å²) in [7, 11) is 0. The number of benzene rings is 1. The van der Waals surface area contributed by atoms with Gasteiger partial charge in [-0.3, -0.25) is 4.79 Å². The van der Waals surface area contributed by atoms with Crippen LogP contribution in [0.1, 0.15) is 26.3 Å². The fourth-order valence-electron chi connectivity index (χ4n) is 2.64. The summed E-state index contributed by atoms with van der Waals surface area (Å²) >= 11 is 1.66. The largest absolute Gasteiger partial charge is 0.464 e. The van der Waals surface area contributed by atoms with E-state index in [2.05, 4.69) is 13.8 Å². The number of ether oxygens (including phenoxy) is 1. The molecule has 1 heterocycles. The molecule has 2 atom stereocenters. The fraction of sp³-hybridized carbons (Fsp3) is 0.529. The Hall–Kier alpha value is -1.49. The van der Waals surface area contributed by atoms with Crippen LogP contribution < -0.4 is 0 Å². The van der Waals surface area contributed by atoms with Crippen LogP contribution in [0.15, 0.2) is 30.3 Å². The minimum absolute atomic E-state index is 0.00652. The van der Waals surface area contributed by atoms with Crippen molar-refractivity contribution in [2.75, 3.05) is 12.4 Å². The van der Waals surface area contributed by atoms with Crippen molar-refractivity contribution in [3.63, 3.8) is 0 Å². The number of thioether (sulfide) groups is 1. The number of amides is 1. The van der Waals surface area contributed by atoms with E-state index in [9.17, 15) is 9.59 Å². The lowest BCUT2D eigenvalue weighted by molar-refractivity contribution is -0.153. The van der Waals surface area contributed by atoms with Crippen molar-refractivity contribution in [2.45, 2.75) is 38.6 Å². The normalized spacial score (nSPS) is 21.2. The topological polar surface area (TPSA) is 46.6 Å². The maximum atomic E-state index is 12.8. The molecule has 120 valence electrons. The van der Waals surface area contributed by atoms with Gasteiger partial charge in [0.25, 0.3) is 0 Å². The second-order valence-corrected chi connectivity index (χ2v) is 6.85. The monoisotopic (exact) mass is 321 g/mol. The highest BCUT2D eigenvalue weighted by Crippen LogP contribution is 2.35. The molecule has 1 aromatic rings. The van der Waals surface area contributed by atoms with Gasteiger partial charge in [-0.15, -0.1) is 11.8 Å². The molecule has 0 aromatic heterocycles. The Morgan fingerprint density at radius 3 is 2.59 bits per heavy atom. The minimum atomic E-state index is -0.464. The predicted octanol–water partition coefficient (Wildman–Crippen LogP) is 2.72. The molecule has 0 N–H and O–H groups in total. The molecule has 0 spiro atoms. The van der Waals surface area contributed by atoms with Gasteiger partial charge in [-0.2, -0.15) is 0 Å². The summed E-state index contributed by atoms with van der Waals surface area (Å²) in [5.41, 5.74) is 0.967. The minimum Gasteiger partial charge on any atom is -0.464 e. The molecule has 1 fully saturated rings. The maximum absolute atomic E-state index is 12.8. The van der Waals surface area contributed by atoms with Crippen LogP contribution in [0.4, 0.5) is 0 Å².